The molecule has 0 aromatic rings. The zero-order valence-electron chi connectivity index (χ0n) is 10.0. The minimum atomic E-state index is -0.276. The van der Waals surface area contributed by atoms with Gasteiger partial charge in [0, 0.05) is 13.2 Å². The van der Waals surface area contributed by atoms with Gasteiger partial charge in [0.25, 0.3) is 0 Å². The van der Waals surface area contributed by atoms with Crippen molar-refractivity contribution in [3.05, 3.63) is 0 Å². The van der Waals surface area contributed by atoms with Crippen LogP contribution in [-0.4, -0.2) is 30.0 Å². The molecule has 1 atom stereocenters. The fraction of sp³-hybridized carbons (Fsp3) is 1.00. The number of aliphatic hydroxyl groups excluding tert-OH is 1. The zero-order valence-corrected chi connectivity index (χ0v) is 10.0. The number of hydrogen-bond donors (Lipinski definition) is 2. The lowest BCUT2D eigenvalue weighted by Crippen LogP contribution is -2.44. The molecule has 3 nitrogen and oxygen atoms in total. The molecule has 0 aromatic carbocycles. The van der Waals surface area contributed by atoms with Crippen molar-refractivity contribution in [3.8, 4) is 0 Å². The van der Waals surface area contributed by atoms with Gasteiger partial charge in [-0.2, -0.15) is 0 Å². The number of ether oxygens (including phenoxy) is 1. The van der Waals surface area contributed by atoms with E-state index < -0.39 is 0 Å². The Morgan fingerprint density at radius 1 is 1.47 bits per heavy atom. The largest absolute Gasteiger partial charge is 0.393 e. The van der Waals surface area contributed by atoms with Crippen molar-refractivity contribution in [2.45, 2.75) is 57.7 Å². The van der Waals surface area contributed by atoms with E-state index in [0.29, 0.717) is 19.6 Å². The second-order valence-corrected chi connectivity index (χ2v) is 5.06. The van der Waals surface area contributed by atoms with Gasteiger partial charge < -0.3 is 15.6 Å². The number of rotatable bonds is 5. The quantitative estimate of drug-likeness (QED) is 0.733. The molecule has 0 radical (unpaired) electrons. The molecule has 90 valence electrons. The fourth-order valence-corrected chi connectivity index (χ4v) is 2.14. The second-order valence-electron chi connectivity index (χ2n) is 5.06. The highest BCUT2D eigenvalue weighted by Gasteiger charge is 2.33. The number of nitrogens with two attached hydrogens (primary N) is 1. The minimum Gasteiger partial charge on any atom is -0.393 e. The predicted molar refractivity (Wildman–Crippen MR) is 61.7 cm³/mol. The smallest absolute Gasteiger partial charge is 0.0804 e. The van der Waals surface area contributed by atoms with Crippen molar-refractivity contribution in [1.82, 2.24) is 0 Å². The number of hydrogen-bond acceptors (Lipinski definition) is 3. The maximum Gasteiger partial charge on any atom is 0.0804 e. The van der Waals surface area contributed by atoms with E-state index in [1.807, 2.05) is 0 Å². The SMILES string of the molecule is CC(O)CCOC1(CN)CCC(C)CC1. The van der Waals surface area contributed by atoms with Crippen LogP contribution in [0.3, 0.4) is 0 Å². The highest BCUT2D eigenvalue weighted by Crippen LogP contribution is 2.34. The van der Waals surface area contributed by atoms with Crippen LogP contribution in [0.2, 0.25) is 0 Å². The van der Waals surface area contributed by atoms with Gasteiger partial charge in [-0.15, -0.1) is 0 Å². The minimum absolute atomic E-state index is 0.0958. The lowest BCUT2D eigenvalue weighted by molar-refractivity contribution is -0.0771. The summed E-state index contributed by atoms with van der Waals surface area (Å²) >= 11 is 0. The summed E-state index contributed by atoms with van der Waals surface area (Å²) in [4.78, 5) is 0. The summed E-state index contributed by atoms with van der Waals surface area (Å²) in [6.07, 6.45) is 5.01. The van der Waals surface area contributed by atoms with Gasteiger partial charge in [0.2, 0.25) is 0 Å². The Labute approximate surface area is 93.0 Å². The first-order valence-electron chi connectivity index (χ1n) is 6.10. The molecule has 0 aliphatic heterocycles. The van der Waals surface area contributed by atoms with Crippen molar-refractivity contribution >= 4 is 0 Å². The van der Waals surface area contributed by atoms with E-state index in [1.165, 1.54) is 12.8 Å². The molecule has 0 amide bonds. The first-order valence-corrected chi connectivity index (χ1v) is 6.10. The molecule has 0 bridgehead atoms. The van der Waals surface area contributed by atoms with Crippen LogP contribution in [0.1, 0.15) is 46.0 Å². The second kappa shape index (κ2) is 5.83. The summed E-state index contributed by atoms with van der Waals surface area (Å²) in [5.74, 6) is 0.810. The molecular weight excluding hydrogens is 190 g/mol. The van der Waals surface area contributed by atoms with Crippen LogP contribution in [0, 0.1) is 5.92 Å². The van der Waals surface area contributed by atoms with Gasteiger partial charge in [-0.1, -0.05) is 6.92 Å². The molecule has 3 heteroatoms. The Balaban J connectivity index is 2.33. The van der Waals surface area contributed by atoms with Gasteiger partial charge in [-0.25, -0.2) is 0 Å². The highest BCUT2D eigenvalue weighted by molar-refractivity contribution is 4.87. The van der Waals surface area contributed by atoms with E-state index in [1.54, 1.807) is 6.92 Å². The van der Waals surface area contributed by atoms with Crippen LogP contribution in [0.4, 0.5) is 0 Å². The maximum atomic E-state index is 9.17. The summed E-state index contributed by atoms with van der Waals surface area (Å²) in [7, 11) is 0. The Kier molecular flexibility index (Phi) is 5.03. The third-order valence-corrected chi connectivity index (χ3v) is 3.50. The Hall–Kier alpha value is -0.120. The monoisotopic (exact) mass is 215 g/mol. The van der Waals surface area contributed by atoms with Crippen LogP contribution >= 0.6 is 0 Å². The highest BCUT2D eigenvalue weighted by atomic mass is 16.5. The van der Waals surface area contributed by atoms with Gasteiger partial charge in [0.05, 0.1) is 11.7 Å². The fourth-order valence-electron chi connectivity index (χ4n) is 2.14. The van der Waals surface area contributed by atoms with E-state index in [9.17, 15) is 0 Å². The van der Waals surface area contributed by atoms with Crippen LogP contribution < -0.4 is 5.73 Å². The third kappa shape index (κ3) is 4.09. The Morgan fingerprint density at radius 2 is 2.07 bits per heavy atom. The third-order valence-electron chi connectivity index (χ3n) is 3.50. The van der Waals surface area contributed by atoms with E-state index in [0.717, 1.165) is 18.8 Å². The zero-order chi connectivity index (χ0) is 11.3. The summed E-state index contributed by atoms with van der Waals surface area (Å²) in [5, 5.41) is 9.17. The van der Waals surface area contributed by atoms with Crippen molar-refractivity contribution in [2.75, 3.05) is 13.2 Å². The van der Waals surface area contributed by atoms with E-state index in [2.05, 4.69) is 6.92 Å². The molecule has 0 spiro atoms. The number of aliphatic hydroxyl groups is 1. The summed E-state index contributed by atoms with van der Waals surface area (Å²) in [5.41, 5.74) is 5.72. The Morgan fingerprint density at radius 3 is 2.53 bits per heavy atom. The maximum absolute atomic E-state index is 9.17. The van der Waals surface area contributed by atoms with Gasteiger partial charge in [0.15, 0.2) is 0 Å². The summed E-state index contributed by atoms with van der Waals surface area (Å²) < 4.78 is 5.89. The van der Waals surface area contributed by atoms with Crippen LogP contribution in [-0.2, 0) is 4.74 Å². The van der Waals surface area contributed by atoms with Gasteiger partial charge in [-0.3, -0.25) is 0 Å². The molecule has 0 aromatic heterocycles. The summed E-state index contributed by atoms with van der Waals surface area (Å²) in [6.45, 7) is 5.32. The molecule has 15 heavy (non-hydrogen) atoms. The van der Waals surface area contributed by atoms with Crippen LogP contribution in [0.15, 0.2) is 0 Å². The molecule has 1 rings (SSSR count). The van der Waals surface area contributed by atoms with Crippen molar-refractivity contribution in [1.29, 1.82) is 0 Å². The molecule has 1 unspecified atom stereocenters. The first kappa shape index (κ1) is 12.9. The first-order chi connectivity index (χ1) is 7.08. The van der Waals surface area contributed by atoms with Crippen molar-refractivity contribution in [3.63, 3.8) is 0 Å². The predicted octanol–water partition coefficient (Wildman–Crippen LogP) is 1.68. The van der Waals surface area contributed by atoms with Crippen LogP contribution in [0.25, 0.3) is 0 Å². The average Bonchev–Trinajstić information content (AvgIpc) is 2.21. The molecule has 0 heterocycles. The lowest BCUT2D eigenvalue weighted by Gasteiger charge is -2.38. The molecule has 1 aliphatic rings. The molecular formula is C12H25NO2. The van der Waals surface area contributed by atoms with E-state index in [-0.39, 0.29) is 11.7 Å². The molecule has 3 N–H and O–H groups in total. The van der Waals surface area contributed by atoms with E-state index >= 15 is 0 Å². The van der Waals surface area contributed by atoms with Gasteiger partial charge in [0.1, 0.15) is 0 Å². The molecule has 1 fully saturated rings. The van der Waals surface area contributed by atoms with Gasteiger partial charge in [-0.05, 0) is 44.9 Å². The van der Waals surface area contributed by atoms with Crippen molar-refractivity contribution in [2.24, 2.45) is 11.7 Å². The standard InChI is InChI=1S/C12H25NO2/c1-10-3-6-12(9-13,7-4-10)15-8-5-11(2)14/h10-11,14H,3-9,13H2,1-2H3. The average molecular weight is 215 g/mol. The normalized spacial score (nSPS) is 34.0. The van der Waals surface area contributed by atoms with Crippen LogP contribution in [0.5, 0.6) is 0 Å². The van der Waals surface area contributed by atoms with E-state index in [4.69, 9.17) is 15.6 Å². The van der Waals surface area contributed by atoms with Gasteiger partial charge >= 0.3 is 0 Å². The Bertz CT molecular complexity index is 174. The molecule has 1 saturated carbocycles. The molecule has 1 aliphatic carbocycles. The molecule has 0 saturated heterocycles. The topological polar surface area (TPSA) is 55.5 Å². The van der Waals surface area contributed by atoms with Crippen molar-refractivity contribution < 1.29 is 9.84 Å². The lowest BCUT2D eigenvalue weighted by atomic mass is 9.79. The summed E-state index contributed by atoms with van der Waals surface area (Å²) in [6, 6.07) is 0.